The second kappa shape index (κ2) is 20.1. The molecule has 0 aliphatic heterocycles. The molecule has 0 radical (unpaired) electrons. The van der Waals surface area contributed by atoms with Crippen LogP contribution in [0, 0.1) is 0 Å². The molecule has 47 heavy (non-hydrogen) atoms. The van der Waals surface area contributed by atoms with Gasteiger partial charge in [-0.15, -0.1) is 0 Å². The average Bonchev–Trinajstić information content (AvgIpc) is 3.13. The van der Waals surface area contributed by atoms with Crippen molar-refractivity contribution in [2.24, 2.45) is 0 Å². The van der Waals surface area contributed by atoms with Crippen molar-refractivity contribution in [1.82, 2.24) is 9.80 Å². The maximum Gasteiger partial charge on any atom is 0.320 e. The molecule has 0 N–H and O–H groups in total. The molecule has 0 unspecified atom stereocenters. The summed E-state index contributed by atoms with van der Waals surface area (Å²) in [5.41, 5.74) is 3.03. The predicted octanol–water partition coefficient (Wildman–Crippen LogP) is 7.58. The lowest BCUT2D eigenvalue weighted by molar-refractivity contribution is -0.149. The number of hydrogen-bond donors (Lipinski definition) is 0. The first-order valence-corrected chi connectivity index (χ1v) is 16.9. The van der Waals surface area contributed by atoms with Gasteiger partial charge in [0.1, 0.15) is 24.5 Å². The highest BCUT2D eigenvalue weighted by Crippen LogP contribution is 2.33. The third-order valence-electron chi connectivity index (χ3n) is 8.69. The number of carbonyl (C=O) groups is 2. The van der Waals surface area contributed by atoms with Crippen LogP contribution in [0.15, 0.2) is 121 Å². The van der Waals surface area contributed by atoms with E-state index >= 15 is 0 Å². The minimum atomic E-state index is -0.800. The van der Waals surface area contributed by atoms with Gasteiger partial charge >= 0.3 is 11.9 Å². The first kappa shape index (κ1) is 37.2. The van der Waals surface area contributed by atoms with Gasteiger partial charge in [0.15, 0.2) is 0 Å². The molecule has 6 heteroatoms. The molecule has 6 nitrogen and oxygen atoms in total. The standard InChI is InChI=1S/C21H27NO2.C20H25NO2/c1-4-22(5-2)16-17-24-20(23)21(3,18-12-8-6-9-13-18)19-14-10-7-11-15-19;1-3-21(4-2)15-16-23-20(22)19(17-11-7-5-8-12-17)18-13-9-6-10-14-18/h6-15H,4-5,16-17H2,1-3H3;5-14,19H,3-4,15-16H2,1-2H3. The normalized spacial score (nSPS) is 11.2. The number of hydrogen-bond acceptors (Lipinski definition) is 6. The number of carbonyl (C=O) groups excluding carboxylic acids is 2. The zero-order chi connectivity index (χ0) is 33.9. The van der Waals surface area contributed by atoms with E-state index in [0.29, 0.717) is 13.2 Å². The Morgan fingerprint density at radius 2 is 0.894 bits per heavy atom. The van der Waals surface area contributed by atoms with Crippen LogP contribution >= 0.6 is 0 Å². The molecular weight excluding hydrogens is 584 g/mol. The van der Waals surface area contributed by atoms with E-state index in [1.807, 2.05) is 128 Å². The van der Waals surface area contributed by atoms with Crippen LogP contribution in [0.25, 0.3) is 0 Å². The first-order chi connectivity index (χ1) is 22.9. The molecule has 4 aromatic rings. The van der Waals surface area contributed by atoms with Gasteiger partial charge in [-0.05, 0) is 55.4 Å². The highest BCUT2D eigenvalue weighted by molar-refractivity contribution is 5.87. The summed E-state index contributed by atoms with van der Waals surface area (Å²) >= 11 is 0. The molecule has 0 bridgehead atoms. The zero-order valence-electron chi connectivity index (χ0n) is 28.8. The highest BCUT2D eigenvalue weighted by Gasteiger charge is 2.38. The lowest BCUT2D eigenvalue weighted by Crippen LogP contribution is -2.37. The Bertz CT molecular complexity index is 1340. The van der Waals surface area contributed by atoms with Gasteiger partial charge in [0.25, 0.3) is 0 Å². The Morgan fingerprint density at radius 1 is 0.553 bits per heavy atom. The summed E-state index contributed by atoms with van der Waals surface area (Å²) in [6.07, 6.45) is 0. The SMILES string of the molecule is CCN(CC)CCOC(=O)C(C)(c1ccccc1)c1ccccc1.CCN(CC)CCOC(=O)C(c1ccccc1)c1ccccc1. The van der Waals surface area contributed by atoms with E-state index in [1.165, 1.54) is 0 Å². The van der Waals surface area contributed by atoms with E-state index in [0.717, 1.165) is 61.5 Å². The van der Waals surface area contributed by atoms with Crippen LogP contribution in [0.1, 0.15) is 62.8 Å². The smallest absolute Gasteiger partial charge is 0.320 e. The van der Waals surface area contributed by atoms with E-state index < -0.39 is 5.41 Å². The Hall–Kier alpha value is -4.26. The summed E-state index contributed by atoms with van der Waals surface area (Å²) in [7, 11) is 0. The fourth-order valence-corrected chi connectivity index (χ4v) is 5.55. The molecular formula is C41H52N2O4. The molecule has 0 saturated carbocycles. The molecule has 0 aliphatic rings. The molecule has 0 heterocycles. The third-order valence-corrected chi connectivity index (χ3v) is 8.69. The van der Waals surface area contributed by atoms with Crippen LogP contribution in [0.2, 0.25) is 0 Å². The van der Waals surface area contributed by atoms with E-state index in [9.17, 15) is 9.59 Å². The van der Waals surface area contributed by atoms with E-state index in [-0.39, 0.29) is 17.9 Å². The molecule has 0 amide bonds. The number of likely N-dealkylation sites (N-methyl/N-ethyl adjacent to an activating group) is 2. The van der Waals surface area contributed by atoms with Crippen molar-refractivity contribution in [3.63, 3.8) is 0 Å². The van der Waals surface area contributed by atoms with Gasteiger partial charge in [-0.25, -0.2) is 0 Å². The molecule has 0 aliphatic carbocycles. The number of rotatable bonds is 16. The summed E-state index contributed by atoms with van der Waals surface area (Å²) in [4.78, 5) is 30.1. The molecule has 4 rings (SSSR count). The van der Waals surface area contributed by atoms with E-state index in [1.54, 1.807) is 0 Å². The summed E-state index contributed by atoms with van der Waals surface area (Å²) < 4.78 is 11.2. The molecule has 250 valence electrons. The van der Waals surface area contributed by atoms with Crippen LogP contribution in [-0.4, -0.2) is 74.2 Å². The van der Waals surface area contributed by atoms with Crippen molar-refractivity contribution < 1.29 is 19.1 Å². The van der Waals surface area contributed by atoms with Gasteiger partial charge in [0, 0.05) is 13.1 Å². The maximum atomic E-state index is 13.0. The van der Waals surface area contributed by atoms with Crippen molar-refractivity contribution >= 4 is 11.9 Å². The third kappa shape index (κ3) is 10.9. The number of benzene rings is 4. The number of ether oxygens (including phenoxy) is 2. The molecule has 0 spiro atoms. The van der Waals surface area contributed by atoms with Crippen LogP contribution in [0.5, 0.6) is 0 Å². The summed E-state index contributed by atoms with van der Waals surface area (Å²) in [5, 5.41) is 0. The van der Waals surface area contributed by atoms with Crippen LogP contribution in [0.4, 0.5) is 0 Å². The Kier molecular flexibility index (Phi) is 15.9. The summed E-state index contributed by atoms with van der Waals surface area (Å²) in [6, 6.07) is 39.3. The van der Waals surface area contributed by atoms with Gasteiger partial charge in [0.2, 0.25) is 0 Å². The predicted molar refractivity (Wildman–Crippen MR) is 192 cm³/mol. The minimum Gasteiger partial charge on any atom is -0.464 e. The summed E-state index contributed by atoms with van der Waals surface area (Å²) in [6.45, 7) is 16.6. The highest BCUT2D eigenvalue weighted by atomic mass is 16.5. The Balaban J connectivity index is 0.000000256. The summed E-state index contributed by atoms with van der Waals surface area (Å²) in [5.74, 6) is -0.754. The number of esters is 2. The Labute approximate surface area is 282 Å². The maximum absolute atomic E-state index is 13.0. The molecule has 0 atom stereocenters. The van der Waals surface area contributed by atoms with Crippen molar-refractivity contribution in [1.29, 1.82) is 0 Å². The molecule has 0 fully saturated rings. The fraction of sp³-hybridized carbons (Fsp3) is 0.366. The van der Waals surface area contributed by atoms with E-state index in [4.69, 9.17) is 9.47 Å². The second-order valence-electron chi connectivity index (χ2n) is 11.5. The van der Waals surface area contributed by atoms with Gasteiger partial charge in [-0.2, -0.15) is 0 Å². The van der Waals surface area contributed by atoms with Gasteiger partial charge in [-0.1, -0.05) is 149 Å². The second-order valence-corrected chi connectivity index (χ2v) is 11.5. The molecule has 0 aromatic heterocycles. The van der Waals surface area contributed by atoms with Gasteiger partial charge in [0.05, 0.1) is 0 Å². The molecule has 0 saturated heterocycles. The minimum absolute atomic E-state index is 0.186. The van der Waals surface area contributed by atoms with Crippen molar-refractivity contribution in [2.45, 2.75) is 46.0 Å². The van der Waals surface area contributed by atoms with Crippen LogP contribution < -0.4 is 0 Å². The van der Waals surface area contributed by atoms with Crippen LogP contribution in [0.3, 0.4) is 0 Å². The zero-order valence-corrected chi connectivity index (χ0v) is 28.8. The lowest BCUT2D eigenvalue weighted by Gasteiger charge is -2.29. The Morgan fingerprint density at radius 3 is 1.26 bits per heavy atom. The topological polar surface area (TPSA) is 59.1 Å². The van der Waals surface area contributed by atoms with Crippen LogP contribution in [-0.2, 0) is 24.5 Å². The van der Waals surface area contributed by atoms with Crippen molar-refractivity contribution in [3.8, 4) is 0 Å². The largest absolute Gasteiger partial charge is 0.464 e. The lowest BCUT2D eigenvalue weighted by atomic mass is 9.76. The van der Waals surface area contributed by atoms with Crippen molar-refractivity contribution in [3.05, 3.63) is 144 Å². The quantitative estimate of drug-likeness (QED) is 0.118. The van der Waals surface area contributed by atoms with E-state index in [2.05, 4.69) is 37.5 Å². The first-order valence-electron chi connectivity index (χ1n) is 16.9. The monoisotopic (exact) mass is 636 g/mol. The van der Waals surface area contributed by atoms with Gasteiger partial charge in [-0.3, -0.25) is 9.59 Å². The fourth-order valence-electron chi connectivity index (χ4n) is 5.55. The molecule has 4 aromatic carbocycles. The average molecular weight is 637 g/mol. The number of nitrogens with zero attached hydrogens (tertiary/aromatic N) is 2. The van der Waals surface area contributed by atoms with Crippen molar-refractivity contribution in [2.75, 3.05) is 52.5 Å². The van der Waals surface area contributed by atoms with Gasteiger partial charge < -0.3 is 19.3 Å².